The normalized spacial score (nSPS) is 11.9. The van der Waals surface area contributed by atoms with E-state index in [-0.39, 0.29) is 6.10 Å². The molecule has 2 rings (SSSR count). The van der Waals surface area contributed by atoms with Crippen molar-refractivity contribution < 1.29 is 14.3 Å². The molecular formula is C20H24BrN3O3. The van der Waals surface area contributed by atoms with Crippen LogP contribution in [0.1, 0.15) is 31.4 Å². The summed E-state index contributed by atoms with van der Waals surface area (Å²) in [6.45, 7) is 5.98. The van der Waals surface area contributed by atoms with E-state index < -0.39 is 6.03 Å². The minimum absolute atomic E-state index is 0.0327. The molecule has 0 aliphatic heterocycles. The lowest BCUT2D eigenvalue weighted by atomic mass is 10.2. The zero-order valence-electron chi connectivity index (χ0n) is 15.9. The van der Waals surface area contributed by atoms with Gasteiger partial charge in [0.05, 0.1) is 19.4 Å². The van der Waals surface area contributed by atoms with Gasteiger partial charge in [-0.1, -0.05) is 28.9 Å². The molecule has 2 amide bonds. The Kier molecular flexibility index (Phi) is 7.67. The molecule has 0 aromatic heterocycles. The lowest BCUT2D eigenvalue weighted by Gasteiger charge is -2.17. The Bertz CT molecular complexity index is 824. The average Bonchev–Trinajstić information content (AvgIpc) is 2.65. The second kappa shape index (κ2) is 9.97. The van der Waals surface area contributed by atoms with Crippen LogP contribution in [-0.4, -0.2) is 25.5 Å². The molecule has 0 radical (unpaired) electrons. The van der Waals surface area contributed by atoms with Gasteiger partial charge in [0.1, 0.15) is 0 Å². The summed E-state index contributed by atoms with van der Waals surface area (Å²) in [5, 5.41) is 6.75. The van der Waals surface area contributed by atoms with Crippen molar-refractivity contribution >= 4 is 33.9 Å². The average molecular weight is 434 g/mol. The van der Waals surface area contributed by atoms with Crippen LogP contribution in [0.15, 0.2) is 46.0 Å². The number of para-hydroxylation sites is 1. The Morgan fingerprint density at radius 1 is 1.33 bits per heavy atom. The third kappa shape index (κ3) is 5.99. The number of hydrogen-bond donors (Lipinski definition) is 2. The summed E-state index contributed by atoms with van der Waals surface area (Å²) >= 11 is 3.43. The Morgan fingerprint density at radius 3 is 2.78 bits per heavy atom. The van der Waals surface area contributed by atoms with Gasteiger partial charge in [-0.25, -0.2) is 10.2 Å². The molecule has 0 bridgehead atoms. The molecule has 0 unspecified atom stereocenters. The molecule has 0 saturated heterocycles. The fourth-order valence-electron chi connectivity index (χ4n) is 2.25. The van der Waals surface area contributed by atoms with Crippen molar-refractivity contribution in [3.05, 3.63) is 52.0 Å². The first kappa shape index (κ1) is 20.8. The third-order valence-corrected chi connectivity index (χ3v) is 4.80. The highest BCUT2D eigenvalue weighted by molar-refractivity contribution is 9.10. The summed E-state index contributed by atoms with van der Waals surface area (Å²) < 4.78 is 12.3. The van der Waals surface area contributed by atoms with E-state index in [2.05, 4.69) is 31.8 Å². The number of ether oxygens (including phenoxy) is 2. The Labute approximate surface area is 168 Å². The highest BCUT2D eigenvalue weighted by atomic mass is 79.9. The van der Waals surface area contributed by atoms with E-state index in [9.17, 15) is 4.79 Å². The summed E-state index contributed by atoms with van der Waals surface area (Å²) in [5.41, 5.74) is 4.89. The maximum atomic E-state index is 12.0. The van der Waals surface area contributed by atoms with Gasteiger partial charge in [-0.2, -0.15) is 5.10 Å². The number of carbonyl (C=O) groups is 1. The summed E-state index contributed by atoms with van der Waals surface area (Å²) in [7, 11) is 1.59. The number of anilines is 1. The zero-order valence-corrected chi connectivity index (χ0v) is 17.5. The van der Waals surface area contributed by atoms with E-state index in [1.54, 1.807) is 13.2 Å². The number of nitrogens with one attached hydrogen (secondary N) is 2. The third-order valence-electron chi connectivity index (χ3n) is 3.91. The fourth-order valence-corrected chi connectivity index (χ4v) is 2.49. The van der Waals surface area contributed by atoms with Gasteiger partial charge in [-0.15, -0.1) is 0 Å². The molecule has 0 heterocycles. The molecular weight excluding hydrogens is 410 g/mol. The molecule has 1 atom stereocenters. The molecule has 27 heavy (non-hydrogen) atoms. The minimum atomic E-state index is -0.430. The maximum Gasteiger partial charge on any atom is 0.339 e. The largest absolute Gasteiger partial charge is 0.493 e. The number of methoxy groups -OCH3 is 1. The van der Waals surface area contributed by atoms with Crippen LogP contribution < -0.4 is 20.2 Å². The van der Waals surface area contributed by atoms with Gasteiger partial charge in [-0.3, -0.25) is 0 Å². The SMILES string of the molecule is CC[C@H](C)Oc1c(/C=N/NC(=O)Nc2ccc(Br)c(C)c2)cccc1OC. The Hall–Kier alpha value is -2.54. The van der Waals surface area contributed by atoms with Gasteiger partial charge in [0, 0.05) is 15.7 Å². The monoisotopic (exact) mass is 433 g/mol. The van der Waals surface area contributed by atoms with Gasteiger partial charge < -0.3 is 14.8 Å². The molecule has 2 aromatic rings. The van der Waals surface area contributed by atoms with Crippen molar-refractivity contribution in [1.82, 2.24) is 5.43 Å². The van der Waals surface area contributed by atoms with Gasteiger partial charge in [0.15, 0.2) is 11.5 Å². The van der Waals surface area contributed by atoms with E-state index in [0.29, 0.717) is 17.2 Å². The number of hydrazone groups is 1. The lowest BCUT2D eigenvalue weighted by Crippen LogP contribution is -2.24. The Morgan fingerprint density at radius 2 is 2.11 bits per heavy atom. The second-order valence-corrected chi connectivity index (χ2v) is 6.86. The number of benzene rings is 2. The smallest absolute Gasteiger partial charge is 0.339 e. The van der Waals surface area contributed by atoms with Crippen LogP contribution in [0.2, 0.25) is 0 Å². The number of hydrogen-bond acceptors (Lipinski definition) is 4. The molecule has 144 valence electrons. The summed E-state index contributed by atoms with van der Waals surface area (Å²) in [6.07, 6.45) is 2.43. The first-order valence-corrected chi connectivity index (χ1v) is 9.43. The fraction of sp³-hybridized carbons (Fsp3) is 0.300. The quantitative estimate of drug-likeness (QED) is 0.471. The van der Waals surface area contributed by atoms with Crippen LogP contribution in [0, 0.1) is 6.92 Å². The van der Waals surface area contributed by atoms with Crippen molar-refractivity contribution in [2.75, 3.05) is 12.4 Å². The van der Waals surface area contributed by atoms with Crippen molar-refractivity contribution in [2.45, 2.75) is 33.3 Å². The second-order valence-electron chi connectivity index (χ2n) is 6.00. The minimum Gasteiger partial charge on any atom is -0.493 e. The van der Waals surface area contributed by atoms with Crippen molar-refractivity contribution in [2.24, 2.45) is 5.10 Å². The number of rotatable bonds is 7. The van der Waals surface area contributed by atoms with E-state index in [1.807, 2.05) is 51.1 Å². The lowest BCUT2D eigenvalue weighted by molar-refractivity contribution is 0.207. The number of nitrogens with zero attached hydrogens (tertiary/aromatic N) is 1. The van der Waals surface area contributed by atoms with Crippen molar-refractivity contribution in [1.29, 1.82) is 0 Å². The molecule has 2 N–H and O–H groups in total. The Balaban J connectivity index is 2.06. The van der Waals surface area contributed by atoms with E-state index in [0.717, 1.165) is 22.0 Å². The molecule has 0 aliphatic rings. The molecule has 6 nitrogen and oxygen atoms in total. The zero-order chi connectivity index (χ0) is 19.8. The number of halogens is 1. The molecule has 0 fully saturated rings. The van der Waals surface area contributed by atoms with Crippen LogP contribution >= 0.6 is 15.9 Å². The van der Waals surface area contributed by atoms with E-state index in [4.69, 9.17) is 9.47 Å². The summed E-state index contributed by atoms with van der Waals surface area (Å²) in [5.74, 6) is 1.22. The highest BCUT2D eigenvalue weighted by Crippen LogP contribution is 2.31. The van der Waals surface area contributed by atoms with E-state index >= 15 is 0 Å². The van der Waals surface area contributed by atoms with Gasteiger partial charge >= 0.3 is 6.03 Å². The molecule has 2 aromatic carbocycles. The predicted octanol–water partition coefficient (Wildman–Crippen LogP) is 5.10. The topological polar surface area (TPSA) is 72.0 Å². The van der Waals surface area contributed by atoms with Crippen LogP contribution in [0.4, 0.5) is 10.5 Å². The highest BCUT2D eigenvalue weighted by Gasteiger charge is 2.12. The molecule has 0 aliphatic carbocycles. The maximum absolute atomic E-state index is 12.0. The first-order valence-electron chi connectivity index (χ1n) is 8.64. The van der Waals surface area contributed by atoms with Crippen LogP contribution in [0.25, 0.3) is 0 Å². The van der Waals surface area contributed by atoms with E-state index in [1.165, 1.54) is 6.21 Å². The number of carbonyl (C=O) groups excluding carboxylic acids is 1. The number of urea groups is 1. The summed E-state index contributed by atoms with van der Waals surface area (Å²) in [4.78, 5) is 12.0. The number of aryl methyl sites for hydroxylation is 1. The van der Waals surface area contributed by atoms with Crippen LogP contribution in [0.5, 0.6) is 11.5 Å². The van der Waals surface area contributed by atoms with Gasteiger partial charge in [0.25, 0.3) is 0 Å². The standard InChI is InChI=1S/C20H24BrN3O3/c1-5-14(3)27-19-15(7-6-8-18(19)26-4)12-22-24-20(25)23-16-9-10-17(21)13(2)11-16/h6-12,14H,5H2,1-4H3,(H2,23,24,25)/b22-12+/t14-/m0/s1. The first-order chi connectivity index (χ1) is 12.9. The van der Waals surface area contributed by atoms with Crippen molar-refractivity contribution in [3.8, 4) is 11.5 Å². The van der Waals surface area contributed by atoms with Crippen molar-refractivity contribution in [3.63, 3.8) is 0 Å². The molecule has 7 heteroatoms. The summed E-state index contributed by atoms with van der Waals surface area (Å²) in [6, 6.07) is 10.6. The van der Waals surface area contributed by atoms with Gasteiger partial charge in [0.2, 0.25) is 0 Å². The predicted molar refractivity (Wildman–Crippen MR) is 112 cm³/mol. The number of amides is 2. The van der Waals surface area contributed by atoms with Crippen LogP contribution in [0.3, 0.4) is 0 Å². The molecule has 0 spiro atoms. The van der Waals surface area contributed by atoms with Crippen LogP contribution in [-0.2, 0) is 0 Å². The van der Waals surface area contributed by atoms with Gasteiger partial charge in [-0.05, 0) is 56.2 Å². The molecule has 0 saturated carbocycles.